The molecule has 0 saturated carbocycles. The minimum absolute atomic E-state index is 0.0246. The van der Waals surface area contributed by atoms with Gasteiger partial charge in [-0.25, -0.2) is 0 Å². The molecule has 0 atom stereocenters. The minimum atomic E-state index is -0.670. The minimum Gasteiger partial charge on any atom is -0.468 e. The van der Waals surface area contributed by atoms with E-state index in [1.165, 1.54) is 7.11 Å². The molecule has 4 nitrogen and oxygen atoms in total. The van der Waals surface area contributed by atoms with Crippen molar-refractivity contribution in [1.82, 2.24) is 4.90 Å². The van der Waals surface area contributed by atoms with E-state index in [9.17, 15) is 9.59 Å². The van der Waals surface area contributed by atoms with Crippen molar-refractivity contribution in [2.75, 3.05) is 20.2 Å². The maximum absolute atomic E-state index is 12.8. The Hall–Kier alpha value is -1.89. The van der Waals surface area contributed by atoms with Gasteiger partial charge in [0.2, 0.25) is 0 Å². The summed E-state index contributed by atoms with van der Waals surface area (Å²) in [4.78, 5) is 27.2. The van der Waals surface area contributed by atoms with Crippen molar-refractivity contribution in [3.63, 3.8) is 0 Å². The second kappa shape index (κ2) is 7.56. The fourth-order valence-corrected chi connectivity index (χ4v) is 4.08. The van der Waals surface area contributed by atoms with Crippen molar-refractivity contribution in [2.45, 2.75) is 18.3 Å². The van der Waals surface area contributed by atoms with E-state index in [-0.39, 0.29) is 11.9 Å². The van der Waals surface area contributed by atoms with Gasteiger partial charge in [-0.3, -0.25) is 9.59 Å². The van der Waals surface area contributed by atoms with Gasteiger partial charge in [-0.1, -0.05) is 42.5 Å². The number of rotatable bonds is 3. The average molecular weight is 449 g/mol. The highest BCUT2D eigenvalue weighted by Crippen LogP contribution is 2.37. The fraction of sp³-hybridized carbons (Fsp3) is 0.300. The van der Waals surface area contributed by atoms with E-state index < -0.39 is 5.41 Å². The van der Waals surface area contributed by atoms with Crippen LogP contribution in [-0.2, 0) is 14.9 Å². The summed E-state index contributed by atoms with van der Waals surface area (Å²) in [5.41, 5.74) is 1.01. The second-order valence-electron chi connectivity index (χ2n) is 6.21. The van der Waals surface area contributed by atoms with Crippen LogP contribution in [0.2, 0.25) is 0 Å². The zero-order valence-corrected chi connectivity index (χ0v) is 16.2. The fourth-order valence-electron chi connectivity index (χ4n) is 3.46. The lowest BCUT2D eigenvalue weighted by molar-refractivity contribution is -0.149. The smallest absolute Gasteiger partial charge is 0.316 e. The molecule has 0 bridgehead atoms. The van der Waals surface area contributed by atoms with Crippen molar-refractivity contribution >= 4 is 34.5 Å². The monoisotopic (exact) mass is 449 g/mol. The van der Waals surface area contributed by atoms with E-state index in [4.69, 9.17) is 4.74 Å². The van der Waals surface area contributed by atoms with Crippen molar-refractivity contribution in [1.29, 1.82) is 0 Å². The van der Waals surface area contributed by atoms with Gasteiger partial charge in [0.1, 0.15) is 0 Å². The Labute approximate surface area is 161 Å². The molecule has 130 valence electrons. The van der Waals surface area contributed by atoms with E-state index in [0.717, 1.165) is 9.13 Å². The van der Waals surface area contributed by atoms with Crippen LogP contribution in [-0.4, -0.2) is 37.0 Å². The number of hydrogen-bond acceptors (Lipinski definition) is 3. The third-order valence-electron chi connectivity index (χ3n) is 4.91. The first-order valence-electron chi connectivity index (χ1n) is 8.26. The molecule has 0 unspecified atom stereocenters. The molecule has 0 spiro atoms. The zero-order valence-electron chi connectivity index (χ0n) is 14.1. The number of nitrogens with zero attached hydrogens (tertiary/aromatic N) is 1. The molecule has 3 rings (SSSR count). The van der Waals surface area contributed by atoms with E-state index in [1.807, 2.05) is 59.5 Å². The predicted octanol–water partition coefficient (Wildman–Crippen LogP) is 3.64. The van der Waals surface area contributed by atoms with Gasteiger partial charge in [0.05, 0.1) is 18.1 Å². The average Bonchev–Trinajstić information content (AvgIpc) is 2.68. The number of halogens is 1. The summed E-state index contributed by atoms with van der Waals surface area (Å²) >= 11 is 2.18. The molecule has 2 aromatic rings. The highest BCUT2D eigenvalue weighted by Gasteiger charge is 2.44. The van der Waals surface area contributed by atoms with Crippen LogP contribution in [0.25, 0.3) is 0 Å². The third kappa shape index (κ3) is 3.42. The SMILES string of the molecule is COC(=O)C1(c2ccccc2)CCN(C(=O)c2ccccc2I)CC1. The number of carbonyl (C=O) groups is 2. The summed E-state index contributed by atoms with van der Waals surface area (Å²) in [7, 11) is 1.43. The number of piperidine rings is 1. The number of carbonyl (C=O) groups excluding carboxylic acids is 2. The quantitative estimate of drug-likeness (QED) is 0.531. The molecule has 2 aromatic carbocycles. The molecule has 0 aromatic heterocycles. The van der Waals surface area contributed by atoms with Gasteiger partial charge >= 0.3 is 5.97 Å². The Morgan fingerprint density at radius 1 is 1.00 bits per heavy atom. The number of hydrogen-bond donors (Lipinski definition) is 0. The highest BCUT2D eigenvalue weighted by atomic mass is 127. The molecule has 1 fully saturated rings. The first kappa shape index (κ1) is 17.9. The van der Waals surface area contributed by atoms with E-state index in [1.54, 1.807) is 0 Å². The van der Waals surface area contributed by atoms with Crippen molar-refractivity contribution in [3.05, 3.63) is 69.3 Å². The third-order valence-corrected chi connectivity index (χ3v) is 5.85. The summed E-state index contributed by atoms with van der Waals surface area (Å²) in [5, 5.41) is 0. The zero-order chi connectivity index (χ0) is 17.9. The maximum Gasteiger partial charge on any atom is 0.316 e. The lowest BCUT2D eigenvalue weighted by Gasteiger charge is -2.40. The molecular weight excluding hydrogens is 429 g/mol. The number of likely N-dealkylation sites (tertiary alicyclic amines) is 1. The Morgan fingerprint density at radius 3 is 2.20 bits per heavy atom. The first-order valence-corrected chi connectivity index (χ1v) is 9.34. The van der Waals surface area contributed by atoms with Gasteiger partial charge in [-0.2, -0.15) is 0 Å². The Kier molecular flexibility index (Phi) is 5.42. The molecule has 1 aliphatic rings. The summed E-state index contributed by atoms with van der Waals surface area (Å²) in [6.45, 7) is 1.07. The first-order chi connectivity index (χ1) is 12.1. The van der Waals surface area contributed by atoms with Crippen LogP contribution in [0, 0.1) is 3.57 Å². The Morgan fingerprint density at radius 2 is 1.60 bits per heavy atom. The molecule has 25 heavy (non-hydrogen) atoms. The summed E-state index contributed by atoms with van der Waals surface area (Å²) < 4.78 is 6.05. The van der Waals surface area contributed by atoms with E-state index >= 15 is 0 Å². The lowest BCUT2D eigenvalue weighted by Crippen LogP contribution is -2.49. The number of ether oxygens (including phenoxy) is 1. The number of benzene rings is 2. The normalized spacial score (nSPS) is 16.3. The topological polar surface area (TPSA) is 46.6 Å². The summed E-state index contributed by atoms with van der Waals surface area (Å²) in [5.74, 6) is -0.198. The molecule has 5 heteroatoms. The van der Waals surface area contributed by atoms with E-state index in [2.05, 4.69) is 22.6 Å². The summed E-state index contributed by atoms with van der Waals surface area (Å²) in [6, 6.07) is 17.3. The van der Waals surface area contributed by atoms with Crippen molar-refractivity contribution < 1.29 is 14.3 Å². The second-order valence-corrected chi connectivity index (χ2v) is 7.37. The maximum atomic E-state index is 12.8. The largest absolute Gasteiger partial charge is 0.468 e. The predicted molar refractivity (Wildman–Crippen MR) is 104 cm³/mol. The highest BCUT2D eigenvalue weighted by molar-refractivity contribution is 14.1. The Bertz CT molecular complexity index is 768. The number of esters is 1. The summed E-state index contributed by atoms with van der Waals surface area (Å²) in [6.07, 6.45) is 1.14. The molecule has 1 heterocycles. The van der Waals surface area contributed by atoms with Gasteiger partial charge in [0.25, 0.3) is 5.91 Å². The van der Waals surface area contributed by atoms with Gasteiger partial charge in [-0.05, 0) is 53.1 Å². The van der Waals surface area contributed by atoms with Gasteiger partial charge in [0.15, 0.2) is 0 Å². The lowest BCUT2D eigenvalue weighted by atomic mass is 9.72. The molecule has 0 N–H and O–H groups in total. The van der Waals surface area contributed by atoms with Crippen LogP contribution >= 0.6 is 22.6 Å². The van der Waals surface area contributed by atoms with Gasteiger partial charge in [0, 0.05) is 16.7 Å². The molecule has 1 saturated heterocycles. The molecule has 0 radical (unpaired) electrons. The Balaban J connectivity index is 1.82. The van der Waals surface area contributed by atoms with Crippen LogP contribution in [0.5, 0.6) is 0 Å². The molecule has 0 aliphatic carbocycles. The van der Waals surface area contributed by atoms with Crippen LogP contribution in [0.15, 0.2) is 54.6 Å². The van der Waals surface area contributed by atoms with Crippen LogP contribution in [0.3, 0.4) is 0 Å². The molecular formula is C20H20INO3. The molecule has 1 aliphatic heterocycles. The van der Waals surface area contributed by atoms with Crippen LogP contribution in [0.4, 0.5) is 0 Å². The number of methoxy groups -OCH3 is 1. The van der Waals surface area contributed by atoms with Crippen LogP contribution in [0.1, 0.15) is 28.8 Å². The number of amides is 1. The standard InChI is InChI=1S/C20H20INO3/c1-25-19(24)20(15-7-3-2-4-8-15)11-13-22(14-12-20)18(23)16-9-5-6-10-17(16)21/h2-10H,11-14H2,1H3. The molecule has 1 amide bonds. The van der Waals surface area contributed by atoms with Crippen molar-refractivity contribution in [2.24, 2.45) is 0 Å². The van der Waals surface area contributed by atoms with Gasteiger partial charge < -0.3 is 9.64 Å². The van der Waals surface area contributed by atoms with Gasteiger partial charge in [-0.15, -0.1) is 0 Å². The van der Waals surface area contributed by atoms with Crippen LogP contribution < -0.4 is 0 Å². The van der Waals surface area contributed by atoms with E-state index in [0.29, 0.717) is 31.5 Å². The van der Waals surface area contributed by atoms with Crippen molar-refractivity contribution in [3.8, 4) is 0 Å².